The minimum absolute atomic E-state index is 0.00277. The van der Waals surface area contributed by atoms with E-state index in [9.17, 15) is 48.9 Å². The highest BCUT2D eigenvalue weighted by Crippen LogP contribution is 2.38. The number of ether oxygens (including phenoxy) is 2. The van der Waals surface area contributed by atoms with Crippen molar-refractivity contribution in [2.45, 2.75) is 107 Å². The molecule has 5 aromatic rings. The molecule has 75 heavy (non-hydrogen) atoms. The summed E-state index contributed by atoms with van der Waals surface area (Å²) < 4.78 is 10.7. The Labute approximate surface area is 437 Å². The molecule has 5 atom stereocenters. The monoisotopic (exact) mass is 1030 g/mol. The average Bonchev–Trinajstić information content (AvgIpc) is 3.91. The second-order valence-corrected chi connectivity index (χ2v) is 19.2. The van der Waals surface area contributed by atoms with Crippen LogP contribution in [0.25, 0.3) is 0 Å². The quantitative estimate of drug-likeness (QED) is 0.0348. The lowest BCUT2D eigenvalue weighted by Crippen LogP contribution is -2.59. The Kier molecular flexibility index (Phi) is 20.1. The molecule has 6 rings (SSSR count). The molecule has 0 saturated carbocycles. The molecular weight excluding hydrogens is 959 g/mol. The van der Waals surface area contributed by atoms with Crippen molar-refractivity contribution in [3.8, 4) is 11.5 Å². The molecule has 0 aromatic heterocycles. The van der Waals surface area contributed by atoms with Crippen LogP contribution in [0.1, 0.15) is 85.8 Å². The number of hydrogen-bond acceptors (Lipinski definition) is 10. The van der Waals surface area contributed by atoms with Crippen molar-refractivity contribution in [2.24, 2.45) is 5.92 Å². The Hall–Kier alpha value is -8.05. The van der Waals surface area contributed by atoms with E-state index in [4.69, 9.17) is 9.47 Å². The van der Waals surface area contributed by atoms with Gasteiger partial charge >= 0.3 is 11.9 Å². The highest BCUT2D eigenvalue weighted by molar-refractivity contribution is 5.97. The van der Waals surface area contributed by atoms with Gasteiger partial charge in [0.15, 0.2) is 0 Å². The number of nitrogens with zero attached hydrogens (tertiary/aromatic N) is 1. The number of benzene rings is 5. The molecule has 1 heterocycles. The van der Waals surface area contributed by atoms with Gasteiger partial charge in [-0.2, -0.15) is 0 Å². The van der Waals surface area contributed by atoms with Crippen LogP contribution in [0.2, 0.25) is 0 Å². The zero-order chi connectivity index (χ0) is 54.1. The third kappa shape index (κ3) is 15.5. The van der Waals surface area contributed by atoms with Gasteiger partial charge in [0.25, 0.3) is 0 Å². The average molecular weight is 1030 g/mol. The molecular formula is C58H67N5O12. The third-order valence-corrected chi connectivity index (χ3v) is 13.3. The van der Waals surface area contributed by atoms with Crippen molar-refractivity contribution in [3.05, 3.63) is 167 Å². The zero-order valence-corrected chi connectivity index (χ0v) is 42.7. The molecule has 0 radical (unpaired) electrons. The maximum Gasteiger partial charge on any atom is 0.326 e. The normalized spacial score (nSPS) is 14.9. The van der Waals surface area contributed by atoms with Crippen molar-refractivity contribution < 1.29 is 58.4 Å². The molecule has 1 aliphatic rings. The van der Waals surface area contributed by atoms with Crippen molar-refractivity contribution >= 4 is 41.5 Å². The summed E-state index contributed by atoms with van der Waals surface area (Å²) in [6.45, 7) is 4.10. The van der Waals surface area contributed by atoms with Crippen LogP contribution in [0.15, 0.2) is 133 Å². The summed E-state index contributed by atoms with van der Waals surface area (Å²) in [5.74, 6) is -4.79. The number of aryl methyl sites for hydroxylation is 1. The summed E-state index contributed by atoms with van der Waals surface area (Å²) in [7, 11) is 3.16. The van der Waals surface area contributed by atoms with E-state index in [1.54, 1.807) is 99.1 Å². The molecule has 396 valence electrons. The molecule has 0 aliphatic carbocycles. The molecule has 7 N–H and O–H groups in total. The number of aliphatic carboxylic acids is 2. The number of nitrogens with one attached hydrogen (secondary N) is 4. The summed E-state index contributed by atoms with van der Waals surface area (Å²) >= 11 is 0. The molecule has 5 amide bonds. The number of likely N-dealkylation sites (tertiary alicyclic amines) is 1. The van der Waals surface area contributed by atoms with E-state index < -0.39 is 77.8 Å². The summed E-state index contributed by atoms with van der Waals surface area (Å²) in [6.07, 6.45) is 1.19. The SMILES string of the molecule is COc1ccc(C(O)(c2ccc(CCCC(=O)N[C@@H](CC(C)C)C(=O)N3CCC[C@H]3C(=O)N[C@@H](Cc3ccccc3)C(=O)N[C@@H](Cc3ccccc3)C(=O)N[C@@H](CC(=O)O)C(=O)O)cc2)c2ccc(OC)cc2)cc1. The van der Waals surface area contributed by atoms with E-state index in [1.165, 1.54) is 4.90 Å². The van der Waals surface area contributed by atoms with Gasteiger partial charge in [-0.3, -0.25) is 28.8 Å². The summed E-state index contributed by atoms with van der Waals surface area (Å²) in [5.41, 5.74) is 2.65. The van der Waals surface area contributed by atoms with Crippen molar-refractivity contribution in [3.63, 3.8) is 0 Å². The maximum absolute atomic E-state index is 14.4. The number of carbonyl (C=O) groups excluding carboxylic acids is 5. The fourth-order valence-corrected chi connectivity index (χ4v) is 9.30. The number of methoxy groups -OCH3 is 2. The van der Waals surface area contributed by atoms with Gasteiger partial charge in [0.1, 0.15) is 47.3 Å². The van der Waals surface area contributed by atoms with E-state index in [2.05, 4.69) is 21.3 Å². The fraction of sp³-hybridized carbons (Fsp3) is 0.362. The Balaban J connectivity index is 1.12. The first-order valence-electron chi connectivity index (χ1n) is 25.1. The lowest BCUT2D eigenvalue weighted by Gasteiger charge is -2.31. The summed E-state index contributed by atoms with van der Waals surface area (Å²) in [6, 6.07) is 33.2. The Morgan fingerprint density at radius 3 is 1.56 bits per heavy atom. The third-order valence-electron chi connectivity index (χ3n) is 13.3. The molecule has 17 nitrogen and oxygen atoms in total. The number of rotatable bonds is 26. The van der Waals surface area contributed by atoms with Crippen molar-refractivity contribution in [2.75, 3.05) is 20.8 Å². The van der Waals surface area contributed by atoms with Crippen molar-refractivity contribution in [1.82, 2.24) is 26.2 Å². The number of carboxylic acids is 2. The van der Waals surface area contributed by atoms with Gasteiger partial charge < -0.3 is 51.0 Å². The predicted molar refractivity (Wildman–Crippen MR) is 280 cm³/mol. The molecule has 0 spiro atoms. The van der Waals surface area contributed by atoms with E-state index in [0.717, 1.165) is 5.56 Å². The van der Waals surface area contributed by atoms with Crippen LogP contribution >= 0.6 is 0 Å². The highest BCUT2D eigenvalue weighted by atomic mass is 16.5. The molecule has 0 bridgehead atoms. The van der Waals surface area contributed by atoms with Crippen LogP contribution in [0.4, 0.5) is 0 Å². The van der Waals surface area contributed by atoms with Crippen LogP contribution in [0.3, 0.4) is 0 Å². The van der Waals surface area contributed by atoms with Crippen LogP contribution < -0.4 is 30.7 Å². The largest absolute Gasteiger partial charge is 0.497 e. The van der Waals surface area contributed by atoms with Crippen molar-refractivity contribution in [1.29, 1.82) is 0 Å². The van der Waals surface area contributed by atoms with Crippen LogP contribution in [-0.4, -0.2) is 113 Å². The predicted octanol–water partition coefficient (Wildman–Crippen LogP) is 5.33. The first-order chi connectivity index (χ1) is 36.0. The lowest BCUT2D eigenvalue weighted by atomic mass is 9.80. The van der Waals surface area contributed by atoms with E-state index in [1.807, 2.05) is 62.4 Å². The van der Waals surface area contributed by atoms with E-state index in [0.29, 0.717) is 65.0 Å². The highest BCUT2D eigenvalue weighted by Gasteiger charge is 2.40. The first-order valence-corrected chi connectivity index (χ1v) is 25.1. The number of carbonyl (C=O) groups is 7. The van der Waals surface area contributed by atoms with Gasteiger partial charge in [-0.1, -0.05) is 123 Å². The number of hydrogen-bond donors (Lipinski definition) is 7. The second kappa shape index (κ2) is 26.8. The molecule has 0 unspecified atom stereocenters. The Bertz CT molecular complexity index is 2670. The van der Waals surface area contributed by atoms with Gasteiger partial charge in [0.05, 0.1) is 20.6 Å². The standard InChI is InChI=1S/C58H67N5O12/c1-37(2)33-48(59-51(64)19-11-17-38-20-22-41(23-21-38)58(73,42-24-28-44(74-3)29-25-42)43-26-30-45(75-4)31-27-43)56(70)63-32-12-18-50(63)55(69)61-47(35-40-15-9-6-10-16-40)53(67)60-46(34-39-13-7-5-8-14-39)54(68)62-49(57(71)72)36-52(65)66/h5-10,13-16,20-31,37,46-50,73H,11-12,17-19,32-36H2,1-4H3,(H,59,64)(H,60,67)(H,61,69)(H,62,68)(H,65,66)(H,71,72)/t46-,47-,48-,49-,50-/m0/s1. The van der Waals surface area contributed by atoms with Gasteiger partial charge in [0, 0.05) is 25.8 Å². The van der Waals surface area contributed by atoms with Crippen LogP contribution in [0, 0.1) is 5.92 Å². The number of carboxylic acid groups (broad SMARTS) is 2. The molecule has 1 fully saturated rings. The Morgan fingerprint density at radius 1 is 0.613 bits per heavy atom. The van der Waals surface area contributed by atoms with Crippen LogP contribution in [-0.2, 0) is 58.4 Å². The maximum atomic E-state index is 14.4. The number of amides is 5. The van der Waals surface area contributed by atoms with Gasteiger partial charge in [0.2, 0.25) is 29.5 Å². The summed E-state index contributed by atoms with van der Waals surface area (Å²) in [5, 5.41) is 42.1. The van der Waals surface area contributed by atoms with Gasteiger partial charge in [-0.25, -0.2) is 4.79 Å². The topological polar surface area (TPSA) is 250 Å². The fourth-order valence-electron chi connectivity index (χ4n) is 9.30. The minimum Gasteiger partial charge on any atom is -0.497 e. The van der Waals surface area contributed by atoms with E-state index in [-0.39, 0.29) is 44.1 Å². The Morgan fingerprint density at radius 2 is 1.09 bits per heavy atom. The molecule has 5 aromatic carbocycles. The smallest absolute Gasteiger partial charge is 0.326 e. The van der Waals surface area contributed by atoms with Gasteiger partial charge in [-0.15, -0.1) is 0 Å². The molecule has 17 heteroatoms. The van der Waals surface area contributed by atoms with Gasteiger partial charge in [-0.05, 0) is 95.7 Å². The van der Waals surface area contributed by atoms with Crippen LogP contribution in [0.5, 0.6) is 11.5 Å². The minimum atomic E-state index is -1.78. The molecule has 1 aliphatic heterocycles. The summed E-state index contributed by atoms with van der Waals surface area (Å²) in [4.78, 5) is 95.0. The first kappa shape index (κ1) is 56.2. The second-order valence-electron chi connectivity index (χ2n) is 19.2. The zero-order valence-electron chi connectivity index (χ0n) is 42.7. The number of aliphatic hydroxyl groups is 1. The van der Waals surface area contributed by atoms with E-state index >= 15 is 0 Å². The lowest BCUT2D eigenvalue weighted by molar-refractivity contribution is -0.147. The molecule has 1 saturated heterocycles.